The molecular formula is C26H31ClN4O2. The second kappa shape index (κ2) is 10.9. The van der Waals surface area contributed by atoms with Gasteiger partial charge in [-0.25, -0.2) is 0 Å². The Morgan fingerprint density at radius 2 is 1.70 bits per heavy atom. The van der Waals surface area contributed by atoms with Crippen molar-refractivity contribution >= 4 is 23.4 Å². The monoisotopic (exact) mass is 466 g/mol. The Hall–Kier alpha value is -2.83. The smallest absolute Gasteiger partial charge is 0.254 e. The van der Waals surface area contributed by atoms with E-state index in [0.29, 0.717) is 23.7 Å². The first-order valence-electron chi connectivity index (χ1n) is 11.5. The number of benzene rings is 2. The van der Waals surface area contributed by atoms with Crippen LogP contribution in [0, 0.1) is 0 Å². The lowest BCUT2D eigenvalue weighted by Crippen LogP contribution is -2.37. The molecule has 1 aliphatic rings. The fourth-order valence-corrected chi connectivity index (χ4v) is 4.28. The van der Waals surface area contributed by atoms with Crippen LogP contribution >= 0.6 is 11.6 Å². The number of carbonyl (C=O) groups excluding carboxylic acids is 1. The molecule has 1 fully saturated rings. The van der Waals surface area contributed by atoms with Gasteiger partial charge in [0.25, 0.3) is 5.91 Å². The van der Waals surface area contributed by atoms with Crippen molar-refractivity contribution in [3.05, 3.63) is 70.7 Å². The van der Waals surface area contributed by atoms with Gasteiger partial charge in [-0.2, -0.15) is 0 Å². The van der Waals surface area contributed by atoms with Crippen LogP contribution in [0.3, 0.4) is 0 Å². The minimum Gasteiger partial charge on any atom is -0.340 e. The van der Waals surface area contributed by atoms with Crippen molar-refractivity contribution in [3.63, 3.8) is 0 Å². The van der Waals surface area contributed by atoms with Crippen LogP contribution in [0.1, 0.15) is 35.2 Å². The number of anilines is 1. The van der Waals surface area contributed by atoms with Gasteiger partial charge in [0.1, 0.15) is 5.69 Å². The summed E-state index contributed by atoms with van der Waals surface area (Å²) in [6.45, 7) is 3.66. The van der Waals surface area contributed by atoms with Gasteiger partial charge in [-0.15, -0.1) is 0 Å². The molecule has 0 aliphatic carbocycles. The summed E-state index contributed by atoms with van der Waals surface area (Å²) in [6, 6.07) is 17.1. The first-order chi connectivity index (χ1) is 16.0. The number of hydrogen-bond donors (Lipinski definition) is 0. The molecule has 0 saturated carbocycles. The summed E-state index contributed by atoms with van der Waals surface area (Å²) < 4.78 is 5.93. The molecule has 2 aromatic carbocycles. The summed E-state index contributed by atoms with van der Waals surface area (Å²) in [6.07, 6.45) is 3.50. The van der Waals surface area contributed by atoms with E-state index in [4.69, 9.17) is 16.1 Å². The molecule has 1 saturated heterocycles. The zero-order valence-electron chi connectivity index (χ0n) is 19.3. The van der Waals surface area contributed by atoms with Gasteiger partial charge in [0.2, 0.25) is 5.88 Å². The number of piperidine rings is 1. The predicted octanol–water partition coefficient (Wildman–Crippen LogP) is 5.19. The lowest BCUT2D eigenvalue weighted by atomic mass is 10.0. The standard InChI is InChI=1S/C26H31ClN4O2/c1-29(2)17-18-31(25(32)21-11-13-22(27)14-12-21)19-23-24(20-9-5-3-6-10-20)28-33-26(23)30-15-7-4-8-16-30/h3,5-6,9-14H,4,7-8,15-19H2,1-2H3. The lowest BCUT2D eigenvalue weighted by Gasteiger charge is -2.29. The molecule has 0 unspecified atom stereocenters. The third-order valence-electron chi connectivity index (χ3n) is 6.00. The molecule has 174 valence electrons. The minimum absolute atomic E-state index is 0.0293. The largest absolute Gasteiger partial charge is 0.340 e. The topological polar surface area (TPSA) is 52.8 Å². The Balaban J connectivity index is 1.70. The van der Waals surface area contributed by atoms with Crippen LogP contribution < -0.4 is 4.90 Å². The van der Waals surface area contributed by atoms with E-state index in [1.807, 2.05) is 49.3 Å². The van der Waals surface area contributed by atoms with Crippen molar-refractivity contribution in [2.24, 2.45) is 0 Å². The summed E-state index contributed by atoms with van der Waals surface area (Å²) in [5.41, 5.74) is 3.38. The quantitative estimate of drug-likeness (QED) is 0.457. The normalized spacial score (nSPS) is 14.0. The molecule has 1 amide bonds. The SMILES string of the molecule is CN(C)CCN(Cc1c(-c2ccccc2)noc1N1CCCCC1)C(=O)c1ccc(Cl)cc1. The van der Waals surface area contributed by atoms with E-state index in [1.165, 1.54) is 6.42 Å². The molecule has 33 heavy (non-hydrogen) atoms. The van der Waals surface area contributed by atoms with Crippen LogP contribution in [0.4, 0.5) is 5.88 Å². The zero-order valence-corrected chi connectivity index (χ0v) is 20.1. The van der Waals surface area contributed by atoms with E-state index in [9.17, 15) is 4.79 Å². The van der Waals surface area contributed by atoms with Gasteiger partial charge in [-0.1, -0.05) is 47.1 Å². The highest BCUT2D eigenvalue weighted by molar-refractivity contribution is 6.30. The predicted molar refractivity (Wildman–Crippen MR) is 133 cm³/mol. The van der Waals surface area contributed by atoms with Crippen LogP contribution in [0.2, 0.25) is 5.02 Å². The molecule has 1 aromatic heterocycles. The highest BCUT2D eigenvalue weighted by atomic mass is 35.5. The number of nitrogens with zero attached hydrogens (tertiary/aromatic N) is 4. The van der Waals surface area contributed by atoms with Crippen molar-refractivity contribution in [3.8, 4) is 11.3 Å². The van der Waals surface area contributed by atoms with Gasteiger partial charge in [0.05, 0.1) is 12.1 Å². The van der Waals surface area contributed by atoms with Gasteiger partial charge in [0.15, 0.2) is 0 Å². The average molecular weight is 467 g/mol. The maximum atomic E-state index is 13.5. The first-order valence-corrected chi connectivity index (χ1v) is 11.9. The maximum Gasteiger partial charge on any atom is 0.254 e. The van der Waals surface area contributed by atoms with Crippen molar-refractivity contribution in [2.75, 3.05) is 45.2 Å². The number of aromatic nitrogens is 1. The first kappa shape index (κ1) is 23.3. The molecule has 1 aliphatic heterocycles. The third kappa shape index (κ3) is 5.75. The van der Waals surface area contributed by atoms with E-state index in [-0.39, 0.29) is 5.91 Å². The van der Waals surface area contributed by atoms with Crippen molar-refractivity contribution in [1.29, 1.82) is 0 Å². The molecule has 2 heterocycles. The number of rotatable bonds is 8. The van der Waals surface area contributed by atoms with Gasteiger partial charge >= 0.3 is 0 Å². The minimum atomic E-state index is -0.0293. The van der Waals surface area contributed by atoms with E-state index in [2.05, 4.69) is 15.0 Å². The van der Waals surface area contributed by atoms with Crippen molar-refractivity contribution in [1.82, 2.24) is 15.0 Å². The Bertz CT molecular complexity index is 1040. The highest BCUT2D eigenvalue weighted by Gasteiger charge is 2.27. The second-order valence-corrected chi connectivity index (χ2v) is 9.20. The highest BCUT2D eigenvalue weighted by Crippen LogP contribution is 2.34. The zero-order chi connectivity index (χ0) is 23.2. The fourth-order valence-electron chi connectivity index (χ4n) is 4.15. The molecule has 0 spiro atoms. The maximum absolute atomic E-state index is 13.5. The Labute approximate surface area is 200 Å². The number of carbonyl (C=O) groups is 1. The van der Waals surface area contributed by atoms with Gasteiger partial charge in [-0.05, 0) is 57.6 Å². The Kier molecular flexibility index (Phi) is 7.68. The van der Waals surface area contributed by atoms with Crippen LogP contribution in [0.5, 0.6) is 0 Å². The molecule has 3 aromatic rings. The summed E-state index contributed by atoms with van der Waals surface area (Å²) in [7, 11) is 4.03. The molecule has 0 atom stereocenters. The van der Waals surface area contributed by atoms with Crippen LogP contribution in [0.25, 0.3) is 11.3 Å². The fraction of sp³-hybridized carbons (Fsp3) is 0.385. The van der Waals surface area contributed by atoms with Gasteiger partial charge in [-0.3, -0.25) is 4.79 Å². The second-order valence-electron chi connectivity index (χ2n) is 8.77. The van der Waals surface area contributed by atoms with Gasteiger partial charge < -0.3 is 19.2 Å². The summed E-state index contributed by atoms with van der Waals surface area (Å²) in [4.78, 5) is 19.8. The number of likely N-dealkylation sites (N-methyl/N-ethyl adjacent to an activating group) is 1. The molecule has 6 nitrogen and oxygen atoms in total. The van der Waals surface area contributed by atoms with Crippen LogP contribution in [-0.4, -0.2) is 61.1 Å². The molecular weight excluding hydrogens is 436 g/mol. The van der Waals surface area contributed by atoms with Crippen molar-refractivity contribution in [2.45, 2.75) is 25.8 Å². The number of hydrogen-bond acceptors (Lipinski definition) is 5. The molecule has 0 radical (unpaired) electrons. The Morgan fingerprint density at radius 1 is 1.00 bits per heavy atom. The Morgan fingerprint density at radius 3 is 2.36 bits per heavy atom. The van der Waals surface area contributed by atoms with Crippen LogP contribution in [0.15, 0.2) is 59.1 Å². The van der Waals surface area contributed by atoms with E-state index < -0.39 is 0 Å². The summed E-state index contributed by atoms with van der Waals surface area (Å²) in [5.74, 6) is 0.755. The van der Waals surface area contributed by atoms with Gasteiger partial charge in [0, 0.05) is 42.3 Å². The molecule has 4 rings (SSSR count). The third-order valence-corrected chi connectivity index (χ3v) is 6.25. The lowest BCUT2D eigenvalue weighted by molar-refractivity contribution is 0.0732. The van der Waals surface area contributed by atoms with E-state index >= 15 is 0 Å². The van der Waals surface area contributed by atoms with Crippen LogP contribution in [-0.2, 0) is 6.54 Å². The average Bonchev–Trinajstić information content (AvgIpc) is 3.26. The van der Waals surface area contributed by atoms with E-state index in [1.54, 1.807) is 24.3 Å². The number of halogens is 1. The van der Waals surface area contributed by atoms with Crippen molar-refractivity contribution < 1.29 is 9.32 Å². The number of amides is 1. The van der Waals surface area contributed by atoms with E-state index in [0.717, 1.165) is 55.2 Å². The summed E-state index contributed by atoms with van der Waals surface area (Å²) >= 11 is 6.05. The molecule has 0 N–H and O–H groups in total. The molecule has 7 heteroatoms. The molecule has 0 bridgehead atoms. The summed E-state index contributed by atoms with van der Waals surface area (Å²) in [5, 5.41) is 5.09.